The molecule has 1 aromatic heterocycles. The van der Waals surface area contributed by atoms with Crippen LogP contribution in [0.3, 0.4) is 0 Å². The van der Waals surface area contributed by atoms with Crippen molar-refractivity contribution in [3.8, 4) is 0 Å². The largest absolute Gasteiger partial charge is 0.384 e. The van der Waals surface area contributed by atoms with Crippen molar-refractivity contribution in [3.05, 3.63) is 11.5 Å². The van der Waals surface area contributed by atoms with Crippen LogP contribution in [0.2, 0.25) is 0 Å². The van der Waals surface area contributed by atoms with E-state index in [2.05, 4.69) is 18.8 Å². The Morgan fingerprint density at radius 2 is 1.87 bits per heavy atom. The van der Waals surface area contributed by atoms with Gasteiger partial charge in [-0.05, 0) is 19.3 Å². The molecule has 0 bridgehead atoms. The molecule has 0 saturated carbocycles. The first-order valence-electron chi connectivity index (χ1n) is 6.00. The number of imidazole rings is 1. The smallest absolute Gasteiger partial charge is 0.126 e. The Hall–Kier alpha value is -0.990. The van der Waals surface area contributed by atoms with Crippen molar-refractivity contribution >= 4 is 5.82 Å². The van der Waals surface area contributed by atoms with Crippen LogP contribution >= 0.6 is 0 Å². The standard InChI is InChI=1S/C12H23N3/c1-4-6-7-9-10-12(13)15(3)11(14-10)8-5-2/h4-9,13H2,1-3H3. The predicted octanol–water partition coefficient (Wildman–Crippen LogP) is 2.69. The number of aryl methyl sites for hydroxylation is 2. The molecule has 3 nitrogen and oxygen atoms in total. The van der Waals surface area contributed by atoms with E-state index in [0.717, 1.165) is 36.6 Å². The summed E-state index contributed by atoms with van der Waals surface area (Å²) in [6, 6.07) is 0. The Bertz CT molecular complexity index is 302. The van der Waals surface area contributed by atoms with E-state index in [-0.39, 0.29) is 0 Å². The van der Waals surface area contributed by atoms with Crippen molar-refractivity contribution in [3.63, 3.8) is 0 Å². The van der Waals surface area contributed by atoms with E-state index < -0.39 is 0 Å². The molecule has 1 aromatic rings. The van der Waals surface area contributed by atoms with Gasteiger partial charge in [-0.3, -0.25) is 0 Å². The summed E-state index contributed by atoms with van der Waals surface area (Å²) in [5.74, 6) is 1.98. The number of hydrogen-bond acceptors (Lipinski definition) is 2. The van der Waals surface area contributed by atoms with Crippen molar-refractivity contribution in [2.24, 2.45) is 7.05 Å². The van der Waals surface area contributed by atoms with Gasteiger partial charge in [0.25, 0.3) is 0 Å². The van der Waals surface area contributed by atoms with Crippen molar-refractivity contribution in [1.29, 1.82) is 0 Å². The maximum Gasteiger partial charge on any atom is 0.126 e. The molecular weight excluding hydrogens is 186 g/mol. The number of anilines is 1. The minimum atomic E-state index is 0.856. The first-order chi connectivity index (χ1) is 7.20. The van der Waals surface area contributed by atoms with Crippen molar-refractivity contribution in [1.82, 2.24) is 9.55 Å². The highest BCUT2D eigenvalue weighted by Crippen LogP contribution is 2.16. The van der Waals surface area contributed by atoms with Gasteiger partial charge in [0.2, 0.25) is 0 Å². The lowest BCUT2D eigenvalue weighted by Gasteiger charge is -2.00. The second kappa shape index (κ2) is 5.79. The molecule has 0 unspecified atom stereocenters. The Morgan fingerprint density at radius 1 is 1.13 bits per heavy atom. The summed E-state index contributed by atoms with van der Waals surface area (Å²) in [7, 11) is 2.01. The second-order valence-electron chi connectivity index (χ2n) is 4.13. The third kappa shape index (κ3) is 2.98. The van der Waals surface area contributed by atoms with Crippen LogP contribution in [0.1, 0.15) is 51.0 Å². The fraction of sp³-hybridized carbons (Fsp3) is 0.750. The molecule has 2 N–H and O–H groups in total. The first-order valence-corrected chi connectivity index (χ1v) is 6.00. The fourth-order valence-electron chi connectivity index (χ4n) is 1.79. The van der Waals surface area contributed by atoms with Crippen LogP contribution in [0.25, 0.3) is 0 Å². The molecule has 0 fully saturated rings. The summed E-state index contributed by atoms with van der Waals surface area (Å²) in [5, 5.41) is 0. The van der Waals surface area contributed by atoms with Gasteiger partial charge < -0.3 is 10.3 Å². The van der Waals surface area contributed by atoms with E-state index in [1.165, 1.54) is 19.3 Å². The number of unbranched alkanes of at least 4 members (excludes halogenated alkanes) is 2. The summed E-state index contributed by atoms with van der Waals surface area (Å²) < 4.78 is 2.03. The average Bonchev–Trinajstić information content (AvgIpc) is 2.48. The molecule has 0 radical (unpaired) electrons. The molecule has 86 valence electrons. The molecule has 15 heavy (non-hydrogen) atoms. The minimum absolute atomic E-state index is 0.856. The van der Waals surface area contributed by atoms with Crippen LogP contribution in [-0.2, 0) is 19.9 Å². The number of aromatic nitrogens is 2. The predicted molar refractivity (Wildman–Crippen MR) is 64.8 cm³/mol. The van der Waals surface area contributed by atoms with E-state index in [4.69, 9.17) is 5.73 Å². The van der Waals surface area contributed by atoms with Gasteiger partial charge in [0, 0.05) is 13.5 Å². The van der Waals surface area contributed by atoms with Gasteiger partial charge in [-0.2, -0.15) is 0 Å². The van der Waals surface area contributed by atoms with Crippen LogP contribution in [0, 0.1) is 0 Å². The summed E-state index contributed by atoms with van der Waals surface area (Å²) in [4.78, 5) is 4.61. The Balaban J connectivity index is 2.67. The Morgan fingerprint density at radius 3 is 2.47 bits per heavy atom. The number of rotatable bonds is 6. The minimum Gasteiger partial charge on any atom is -0.384 e. The maximum atomic E-state index is 6.02. The number of nitrogens with zero attached hydrogens (tertiary/aromatic N) is 2. The van der Waals surface area contributed by atoms with Crippen molar-refractivity contribution in [2.75, 3.05) is 5.73 Å². The van der Waals surface area contributed by atoms with Crippen LogP contribution < -0.4 is 5.73 Å². The van der Waals surface area contributed by atoms with Gasteiger partial charge in [0.15, 0.2) is 0 Å². The highest BCUT2D eigenvalue weighted by atomic mass is 15.1. The molecule has 0 saturated heterocycles. The zero-order valence-electron chi connectivity index (χ0n) is 10.2. The third-order valence-corrected chi connectivity index (χ3v) is 2.80. The lowest BCUT2D eigenvalue weighted by Crippen LogP contribution is -2.01. The summed E-state index contributed by atoms with van der Waals surface area (Å²) in [6.07, 6.45) is 6.88. The number of nitrogens with two attached hydrogens (primary N) is 1. The topological polar surface area (TPSA) is 43.8 Å². The molecule has 1 rings (SSSR count). The number of nitrogen functional groups attached to an aromatic ring is 1. The average molecular weight is 209 g/mol. The molecule has 3 heteroatoms. The van der Waals surface area contributed by atoms with E-state index >= 15 is 0 Å². The van der Waals surface area contributed by atoms with Crippen LogP contribution in [0.15, 0.2) is 0 Å². The Labute approximate surface area is 92.7 Å². The van der Waals surface area contributed by atoms with E-state index in [1.54, 1.807) is 0 Å². The second-order valence-corrected chi connectivity index (χ2v) is 4.13. The fourth-order valence-corrected chi connectivity index (χ4v) is 1.79. The molecule has 0 amide bonds. The van der Waals surface area contributed by atoms with Crippen LogP contribution in [-0.4, -0.2) is 9.55 Å². The van der Waals surface area contributed by atoms with Crippen LogP contribution in [0.4, 0.5) is 5.82 Å². The molecule has 0 atom stereocenters. The van der Waals surface area contributed by atoms with Gasteiger partial charge >= 0.3 is 0 Å². The molecule has 0 aliphatic carbocycles. The molecule has 0 aliphatic heterocycles. The molecule has 1 heterocycles. The molecule has 0 aromatic carbocycles. The van der Waals surface area contributed by atoms with Gasteiger partial charge in [0.1, 0.15) is 11.6 Å². The van der Waals surface area contributed by atoms with Crippen LogP contribution in [0.5, 0.6) is 0 Å². The van der Waals surface area contributed by atoms with E-state index in [1.807, 2.05) is 11.6 Å². The third-order valence-electron chi connectivity index (χ3n) is 2.80. The molecule has 0 spiro atoms. The zero-order chi connectivity index (χ0) is 11.3. The van der Waals surface area contributed by atoms with Gasteiger partial charge in [0.05, 0.1) is 5.69 Å². The van der Waals surface area contributed by atoms with Crippen molar-refractivity contribution < 1.29 is 0 Å². The summed E-state index contributed by atoms with van der Waals surface area (Å²) in [6.45, 7) is 4.38. The highest BCUT2D eigenvalue weighted by molar-refractivity contribution is 5.38. The lowest BCUT2D eigenvalue weighted by atomic mass is 10.1. The normalized spacial score (nSPS) is 10.9. The molecular formula is C12H23N3. The maximum absolute atomic E-state index is 6.02. The molecule has 0 aliphatic rings. The quantitative estimate of drug-likeness (QED) is 0.732. The first kappa shape index (κ1) is 12.1. The Kier molecular flexibility index (Phi) is 4.66. The van der Waals surface area contributed by atoms with Gasteiger partial charge in [-0.25, -0.2) is 4.98 Å². The SMILES string of the molecule is CCCCCc1nc(CCC)n(C)c1N. The van der Waals surface area contributed by atoms with Crippen molar-refractivity contribution in [2.45, 2.75) is 52.4 Å². The highest BCUT2D eigenvalue weighted by Gasteiger charge is 2.10. The number of hydrogen-bond donors (Lipinski definition) is 1. The summed E-state index contributed by atoms with van der Waals surface area (Å²) in [5.41, 5.74) is 7.11. The van der Waals surface area contributed by atoms with E-state index in [9.17, 15) is 0 Å². The van der Waals surface area contributed by atoms with E-state index in [0.29, 0.717) is 0 Å². The van der Waals surface area contributed by atoms with Gasteiger partial charge in [-0.15, -0.1) is 0 Å². The lowest BCUT2D eigenvalue weighted by molar-refractivity contribution is 0.708. The van der Waals surface area contributed by atoms with Gasteiger partial charge in [-0.1, -0.05) is 26.7 Å². The zero-order valence-corrected chi connectivity index (χ0v) is 10.2. The summed E-state index contributed by atoms with van der Waals surface area (Å²) >= 11 is 0. The monoisotopic (exact) mass is 209 g/mol.